The molecule has 1 aliphatic rings. The first-order valence-corrected chi connectivity index (χ1v) is 7.90. The number of phenolic OH excluding ortho intramolecular Hbond substituents is 1. The number of ether oxygens (including phenoxy) is 2. The Morgan fingerprint density at radius 3 is 2.60 bits per heavy atom. The Balaban J connectivity index is 2.21. The van der Waals surface area contributed by atoms with Crippen LogP contribution in [0.1, 0.15) is 30.6 Å². The number of carbonyl (C=O) groups excluding carboxylic acids is 3. The molecular weight excluding hydrogens is 328 g/mol. The predicted molar refractivity (Wildman–Crippen MR) is 87.8 cm³/mol. The van der Waals surface area contributed by atoms with Crippen LogP contribution in [0.2, 0.25) is 0 Å². The van der Waals surface area contributed by atoms with E-state index >= 15 is 0 Å². The lowest BCUT2D eigenvalue weighted by molar-refractivity contribution is -0.139. The van der Waals surface area contributed by atoms with Crippen LogP contribution in [-0.4, -0.2) is 42.3 Å². The van der Waals surface area contributed by atoms with Crippen LogP contribution in [0.4, 0.5) is 4.79 Å². The summed E-state index contributed by atoms with van der Waals surface area (Å²) < 4.78 is 10.2. The lowest BCUT2D eigenvalue weighted by atomic mass is 10.0. The smallest absolute Gasteiger partial charge is 0.338 e. The van der Waals surface area contributed by atoms with Crippen molar-refractivity contribution in [3.05, 3.63) is 41.1 Å². The molecule has 0 aliphatic carbocycles. The fourth-order valence-corrected chi connectivity index (χ4v) is 2.43. The van der Waals surface area contributed by atoms with E-state index in [9.17, 15) is 19.5 Å². The zero-order valence-corrected chi connectivity index (χ0v) is 14.0. The van der Waals surface area contributed by atoms with Crippen LogP contribution in [0.3, 0.4) is 0 Å². The van der Waals surface area contributed by atoms with Gasteiger partial charge in [-0.3, -0.25) is 0 Å². The molecule has 1 heterocycles. The largest absolute Gasteiger partial charge is 0.508 e. The molecule has 8 heteroatoms. The van der Waals surface area contributed by atoms with Crippen LogP contribution in [0.15, 0.2) is 35.5 Å². The minimum absolute atomic E-state index is 0.0675. The Morgan fingerprint density at radius 1 is 1.20 bits per heavy atom. The first-order chi connectivity index (χ1) is 12.0. The highest BCUT2D eigenvalue weighted by Crippen LogP contribution is 2.18. The van der Waals surface area contributed by atoms with E-state index in [0.29, 0.717) is 6.42 Å². The molecule has 2 rings (SSSR count). The Bertz CT molecular complexity index is 713. The van der Waals surface area contributed by atoms with Gasteiger partial charge in [-0.15, -0.1) is 0 Å². The van der Waals surface area contributed by atoms with Crippen LogP contribution in [0.25, 0.3) is 0 Å². The van der Waals surface area contributed by atoms with Crippen molar-refractivity contribution in [2.45, 2.75) is 26.3 Å². The Labute approximate surface area is 144 Å². The minimum atomic E-state index is -0.688. The van der Waals surface area contributed by atoms with Crippen molar-refractivity contribution in [3.63, 3.8) is 0 Å². The molecule has 0 unspecified atom stereocenters. The van der Waals surface area contributed by atoms with E-state index in [1.807, 2.05) is 6.92 Å². The van der Waals surface area contributed by atoms with Gasteiger partial charge in [-0.2, -0.15) is 0 Å². The lowest BCUT2D eigenvalue weighted by Gasteiger charge is -2.28. The third-order valence-electron chi connectivity index (χ3n) is 3.58. The van der Waals surface area contributed by atoms with Crippen molar-refractivity contribution in [2.24, 2.45) is 0 Å². The normalized spacial score (nSPS) is 16.7. The van der Waals surface area contributed by atoms with Gasteiger partial charge in [0.25, 0.3) is 0 Å². The molecule has 8 nitrogen and oxygen atoms in total. The molecule has 0 fully saturated rings. The number of aromatic hydroxyl groups is 1. The summed E-state index contributed by atoms with van der Waals surface area (Å²) in [4.78, 5) is 36.0. The molecule has 25 heavy (non-hydrogen) atoms. The van der Waals surface area contributed by atoms with Gasteiger partial charge < -0.3 is 25.2 Å². The van der Waals surface area contributed by atoms with E-state index in [-0.39, 0.29) is 35.8 Å². The van der Waals surface area contributed by atoms with Crippen LogP contribution in [-0.2, 0) is 14.3 Å². The first-order valence-electron chi connectivity index (χ1n) is 7.90. The summed E-state index contributed by atoms with van der Waals surface area (Å²) in [7, 11) is 0. The number of hydrogen-bond acceptors (Lipinski definition) is 6. The second-order valence-corrected chi connectivity index (χ2v) is 5.30. The summed E-state index contributed by atoms with van der Waals surface area (Å²) in [5.74, 6) is -1.33. The summed E-state index contributed by atoms with van der Waals surface area (Å²) in [6, 6.07) is 4.67. The predicted octanol–water partition coefficient (Wildman–Crippen LogP) is 1.46. The molecule has 0 saturated heterocycles. The minimum Gasteiger partial charge on any atom is -0.508 e. The molecule has 1 aliphatic heterocycles. The zero-order chi connectivity index (χ0) is 18.4. The SMILES string of the molecule is CCOC(=O)C1=C(COC(=O)c2cccc(O)c2)NC(=O)N[C@H]1CC. The van der Waals surface area contributed by atoms with Gasteiger partial charge in [0.15, 0.2) is 0 Å². The molecular formula is C17H20N2O6. The van der Waals surface area contributed by atoms with Crippen molar-refractivity contribution >= 4 is 18.0 Å². The number of urea groups is 1. The second kappa shape index (κ2) is 8.18. The van der Waals surface area contributed by atoms with Gasteiger partial charge in [0.2, 0.25) is 0 Å². The van der Waals surface area contributed by atoms with E-state index in [1.54, 1.807) is 6.92 Å². The van der Waals surface area contributed by atoms with Crippen molar-refractivity contribution in [2.75, 3.05) is 13.2 Å². The van der Waals surface area contributed by atoms with Gasteiger partial charge in [0.05, 0.1) is 29.5 Å². The monoisotopic (exact) mass is 348 g/mol. The van der Waals surface area contributed by atoms with Gasteiger partial charge >= 0.3 is 18.0 Å². The molecule has 0 aromatic heterocycles. The van der Waals surface area contributed by atoms with Gasteiger partial charge in [0, 0.05) is 0 Å². The number of carbonyl (C=O) groups is 3. The average Bonchev–Trinajstić information content (AvgIpc) is 2.59. The van der Waals surface area contributed by atoms with Crippen LogP contribution in [0.5, 0.6) is 5.75 Å². The Morgan fingerprint density at radius 2 is 1.96 bits per heavy atom. The highest BCUT2D eigenvalue weighted by atomic mass is 16.5. The summed E-state index contributed by atoms with van der Waals surface area (Å²) in [5, 5.41) is 14.5. The van der Waals surface area contributed by atoms with Crippen molar-refractivity contribution < 1.29 is 29.0 Å². The standard InChI is InChI=1S/C17H20N2O6/c1-3-12-14(16(22)24-4-2)13(19-17(23)18-12)9-25-15(21)10-6-5-7-11(20)8-10/h5-8,12,20H,3-4,9H2,1-2H3,(H2,18,19,23)/t12-/m0/s1. The van der Waals surface area contributed by atoms with Crippen molar-refractivity contribution in [1.82, 2.24) is 10.6 Å². The molecule has 2 amide bonds. The highest BCUT2D eigenvalue weighted by molar-refractivity contribution is 5.95. The zero-order valence-electron chi connectivity index (χ0n) is 14.0. The Kier molecular flexibility index (Phi) is 5.99. The Hall–Kier alpha value is -3.03. The lowest BCUT2D eigenvalue weighted by Crippen LogP contribution is -2.51. The number of amides is 2. The molecule has 1 aromatic carbocycles. The second-order valence-electron chi connectivity index (χ2n) is 5.30. The van der Waals surface area contributed by atoms with E-state index in [0.717, 1.165) is 0 Å². The van der Waals surface area contributed by atoms with E-state index in [4.69, 9.17) is 9.47 Å². The maximum absolute atomic E-state index is 12.2. The quantitative estimate of drug-likeness (QED) is 0.671. The first kappa shape index (κ1) is 18.3. The van der Waals surface area contributed by atoms with Crippen molar-refractivity contribution in [3.8, 4) is 5.75 Å². The number of esters is 2. The van der Waals surface area contributed by atoms with E-state index in [1.165, 1.54) is 24.3 Å². The summed E-state index contributed by atoms with van der Waals surface area (Å²) in [5.41, 5.74) is 0.570. The fraction of sp³-hybridized carbons (Fsp3) is 0.353. The third-order valence-corrected chi connectivity index (χ3v) is 3.58. The highest BCUT2D eigenvalue weighted by Gasteiger charge is 2.32. The van der Waals surface area contributed by atoms with Gasteiger partial charge in [-0.05, 0) is 31.5 Å². The molecule has 0 bridgehead atoms. The van der Waals surface area contributed by atoms with E-state index in [2.05, 4.69) is 10.6 Å². The molecule has 0 radical (unpaired) electrons. The molecule has 0 spiro atoms. The maximum atomic E-state index is 12.2. The molecule has 134 valence electrons. The topological polar surface area (TPSA) is 114 Å². The number of rotatable bonds is 6. The van der Waals surface area contributed by atoms with Gasteiger partial charge in [0.1, 0.15) is 12.4 Å². The number of hydrogen-bond donors (Lipinski definition) is 3. The maximum Gasteiger partial charge on any atom is 0.338 e. The van der Waals surface area contributed by atoms with Gasteiger partial charge in [-0.25, -0.2) is 14.4 Å². The van der Waals surface area contributed by atoms with Crippen molar-refractivity contribution in [1.29, 1.82) is 0 Å². The summed E-state index contributed by atoms with van der Waals surface area (Å²) >= 11 is 0. The number of nitrogens with one attached hydrogen (secondary N) is 2. The molecule has 0 saturated carbocycles. The molecule has 1 aromatic rings. The van der Waals surface area contributed by atoms with Crippen LogP contribution >= 0.6 is 0 Å². The van der Waals surface area contributed by atoms with Crippen LogP contribution < -0.4 is 10.6 Å². The summed E-state index contributed by atoms with van der Waals surface area (Å²) in [6.45, 7) is 3.37. The third kappa shape index (κ3) is 4.50. The molecule has 3 N–H and O–H groups in total. The van der Waals surface area contributed by atoms with E-state index < -0.39 is 24.0 Å². The average molecular weight is 348 g/mol. The number of benzene rings is 1. The number of phenols is 1. The van der Waals surface area contributed by atoms with Gasteiger partial charge in [-0.1, -0.05) is 13.0 Å². The fourth-order valence-electron chi connectivity index (χ4n) is 2.43. The van der Waals surface area contributed by atoms with Crippen LogP contribution in [0, 0.1) is 0 Å². The molecule has 1 atom stereocenters. The summed E-state index contributed by atoms with van der Waals surface area (Å²) in [6.07, 6.45) is 0.478.